The Morgan fingerprint density at radius 3 is 3.23 bits per heavy atom. The van der Waals surface area contributed by atoms with Crippen molar-refractivity contribution in [3.63, 3.8) is 0 Å². The molecule has 13 heavy (non-hydrogen) atoms. The minimum absolute atomic E-state index is 0.716. The fraction of sp³-hybridized carbons (Fsp3) is 0.444. The van der Waals surface area contributed by atoms with E-state index >= 15 is 0 Å². The van der Waals surface area contributed by atoms with Crippen LogP contribution in [0.4, 0.5) is 0 Å². The average molecular weight is 176 g/mol. The molecule has 0 unspecified atom stereocenters. The van der Waals surface area contributed by atoms with E-state index < -0.39 is 0 Å². The molecule has 0 aliphatic rings. The van der Waals surface area contributed by atoms with Crippen molar-refractivity contribution in [1.29, 1.82) is 0 Å². The van der Waals surface area contributed by atoms with E-state index in [1.54, 1.807) is 6.33 Å². The average Bonchev–Trinajstić information content (AvgIpc) is 2.62. The van der Waals surface area contributed by atoms with Gasteiger partial charge in [-0.25, -0.2) is 4.98 Å². The second-order valence-electron chi connectivity index (χ2n) is 3.07. The van der Waals surface area contributed by atoms with Gasteiger partial charge in [-0.1, -0.05) is 13.3 Å². The molecule has 1 N–H and O–H groups in total. The summed E-state index contributed by atoms with van der Waals surface area (Å²) in [6, 6.07) is 0. The van der Waals surface area contributed by atoms with Gasteiger partial charge in [-0.3, -0.25) is 0 Å². The van der Waals surface area contributed by atoms with Crippen LogP contribution in [0.5, 0.6) is 0 Å². The van der Waals surface area contributed by atoms with Crippen LogP contribution < -0.4 is 0 Å². The zero-order valence-corrected chi connectivity index (χ0v) is 7.62. The fourth-order valence-corrected chi connectivity index (χ4v) is 1.37. The first-order valence-corrected chi connectivity index (χ1v) is 4.55. The Hall–Kier alpha value is -1.45. The minimum atomic E-state index is 0.716. The third-order valence-electron chi connectivity index (χ3n) is 2.11. The number of nitrogens with zero attached hydrogens (tertiary/aromatic N) is 3. The van der Waals surface area contributed by atoms with E-state index in [2.05, 4.69) is 27.1 Å². The topological polar surface area (TPSA) is 54.5 Å². The van der Waals surface area contributed by atoms with Gasteiger partial charge in [0.2, 0.25) is 0 Å². The number of aromatic nitrogens is 4. The van der Waals surface area contributed by atoms with Crippen molar-refractivity contribution in [3.8, 4) is 0 Å². The molecule has 4 nitrogen and oxygen atoms in total. The van der Waals surface area contributed by atoms with E-state index in [0.717, 1.165) is 11.9 Å². The van der Waals surface area contributed by atoms with Gasteiger partial charge in [0.1, 0.15) is 0 Å². The van der Waals surface area contributed by atoms with E-state index in [0.29, 0.717) is 5.65 Å². The Morgan fingerprint density at radius 1 is 1.46 bits per heavy atom. The molecule has 0 amide bonds. The summed E-state index contributed by atoms with van der Waals surface area (Å²) in [5.74, 6) is 0. The number of aryl methyl sites for hydroxylation is 1. The number of rotatable bonds is 3. The molecule has 0 radical (unpaired) electrons. The molecule has 0 saturated heterocycles. The largest absolute Gasteiger partial charge is 0.343 e. The minimum Gasteiger partial charge on any atom is -0.343 e. The van der Waals surface area contributed by atoms with Crippen molar-refractivity contribution >= 4 is 11.2 Å². The molecule has 2 heterocycles. The quantitative estimate of drug-likeness (QED) is 0.774. The molecule has 2 rings (SSSR count). The first kappa shape index (κ1) is 8.16. The second-order valence-corrected chi connectivity index (χ2v) is 3.07. The molecule has 2 aromatic rings. The van der Waals surface area contributed by atoms with Crippen molar-refractivity contribution in [2.24, 2.45) is 0 Å². The van der Waals surface area contributed by atoms with Gasteiger partial charge in [0.05, 0.1) is 18.0 Å². The highest BCUT2D eigenvalue weighted by atomic mass is 15.1. The first-order valence-electron chi connectivity index (χ1n) is 4.55. The van der Waals surface area contributed by atoms with Gasteiger partial charge < -0.3 is 4.98 Å². The van der Waals surface area contributed by atoms with E-state index in [9.17, 15) is 0 Å². The van der Waals surface area contributed by atoms with Crippen LogP contribution >= 0.6 is 0 Å². The highest BCUT2D eigenvalue weighted by Crippen LogP contribution is 2.12. The molecule has 0 saturated carbocycles. The summed E-state index contributed by atoms with van der Waals surface area (Å²) >= 11 is 0. The highest BCUT2D eigenvalue weighted by molar-refractivity contribution is 5.72. The molecule has 0 spiro atoms. The summed E-state index contributed by atoms with van der Waals surface area (Å²) in [6.45, 7) is 2.18. The van der Waals surface area contributed by atoms with E-state index in [1.165, 1.54) is 18.4 Å². The number of hydrogen-bond donors (Lipinski definition) is 1. The van der Waals surface area contributed by atoms with Gasteiger partial charge in [-0.05, 0) is 18.4 Å². The third-order valence-corrected chi connectivity index (χ3v) is 2.11. The van der Waals surface area contributed by atoms with Crippen LogP contribution in [0.25, 0.3) is 11.2 Å². The molecule has 4 heteroatoms. The fourth-order valence-electron chi connectivity index (χ4n) is 1.37. The Bertz CT molecular complexity index is 393. The Morgan fingerprint density at radius 2 is 2.38 bits per heavy atom. The molecular formula is C9H12N4. The lowest BCUT2D eigenvalue weighted by molar-refractivity contribution is 0.792. The standard InChI is InChI=1S/C9H12N4/c1-2-3-4-7-5-12-13-9-8(7)10-6-11-9/h5-6H,2-4H2,1H3,(H,10,11,13). The summed E-state index contributed by atoms with van der Waals surface area (Å²) < 4.78 is 0. The lowest BCUT2D eigenvalue weighted by atomic mass is 10.1. The van der Waals surface area contributed by atoms with Crippen molar-refractivity contribution in [2.45, 2.75) is 26.2 Å². The van der Waals surface area contributed by atoms with Crippen molar-refractivity contribution in [1.82, 2.24) is 20.2 Å². The summed E-state index contributed by atoms with van der Waals surface area (Å²) in [6.07, 6.45) is 6.90. The highest BCUT2D eigenvalue weighted by Gasteiger charge is 2.03. The number of fused-ring (bicyclic) bond motifs is 1. The number of nitrogens with one attached hydrogen (secondary N) is 1. The first-order chi connectivity index (χ1) is 6.42. The van der Waals surface area contributed by atoms with Crippen LogP contribution in [0.15, 0.2) is 12.5 Å². The summed E-state index contributed by atoms with van der Waals surface area (Å²) in [5, 5.41) is 7.82. The van der Waals surface area contributed by atoms with Crippen LogP contribution in [-0.2, 0) is 6.42 Å². The van der Waals surface area contributed by atoms with Crippen LogP contribution in [0.3, 0.4) is 0 Å². The molecule has 0 aliphatic carbocycles. The zero-order chi connectivity index (χ0) is 9.10. The summed E-state index contributed by atoms with van der Waals surface area (Å²) in [5.41, 5.74) is 2.96. The van der Waals surface area contributed by atoms with Crippen molar-refractivity contribution < 1.29 is 0 Å². The lowest BCUT2D eigenvalue weighted by Gasteiger charge is -1.98. The molecule has 0 bridgehead atoms. The maximum Gasteiger partial charge on any atom is 0.199 e. The van der Waals surface area contributed by atoms with E-state index in [4.69, 9.17) is 0 Å². The van der Waals surface area contributed by atoms with Gasteiger partial charge >= 0.3 is 0 Å². The number of aromatic amines is 1. The maximum atomic E-state index is 4.06. The van der Waals surface area contributed by atoms with Crippen LogP contribution in [0.1, 0.15) is 25.3 Å². The summed E-state index contributed by atoms with van der Waals surface area (Å²) in [4.78, 5) is 7.14. The van der Waals surface area contributed by atoms with Gasteiger partial charge in [-0.15, -0.1) is 5.10 Å². The predicted molar refractivity (Wildman–Crippen MR) is 50.3 cm³/mol. The number of imidazole rings is 1. The van der Waals surface area contributed by atoms with Gasteiger partial charge in [0.25, 0.3) is 0 Å². The van der Waals surface area contributed by atoms with Crippen LogP contribution in [0, 0.1) is 0 Å². The SMILES string of the molecule is CCCCc1cnnc2nc[nH]c12. The molecule has 2 aromatic heterocycles. The number of hydrogen-bond acceptors (Lipinski definition) is 3. The monoisotopic (exact) mass is 176 g/mol. The number of H-pyrrole nitrogens is 1. The molecule has 0 aromatic carbocycles. The molecular weight excluding hydrogens is 164 g/mol. The van der Waals surface area contributed by atoms with Crippen molar-refractivity contribution in [3.05, 3.63) is 18.1 Å². The number of unbranched alkanes of at least 4 members (excludes halogenated alkanes) is 1. The zero-order valence-electron chi connectivity index (χ0n) is 7.62. The van der Waals surface area contributed by atoms with Gasteiger partial charge in [0, 0.05) is 0 Å². The lowest BCUT2D eigenvalue weighted by Crippen LogP contribution is -1.91. The summed E-state index contributed by atoms with van der Waals surface area (Å²) in [7, 11) is 0. The smallest absolute Gasteiger partial charge is 0.199 e. The van der Waals surface area contributed by atoms with Crippen LogP contribution in [0.2, 0.25) is 0 Å². The predicted octanol–water partition coefficient (Wildman–Crippen LogP) is 1.70. The molecule has 68 valence electrons. The van der Waals surface area contributed by atoms with Crippen LogP contribution in [-0.4, -0.2) is 20.2 Å². The Labute approximate surface area is 76.4 Å². The second kappa shape index (κ2) is 3.51. The van der Waals surface area contributed by atoms with E-state index in [-0.39, 0.29) is 0 Å². The Kier molecular flexibility index (Phi) is 2.21. The Balaban J connectivity index is 2.37. The van der Waals surface area contributed by atoms with Gasteiger partial charge in [0.15, 0.2) is 5.65 Å². The maximum absolute atomic E-state index is 4.06. The van der Waals surface area contributed by atoms with Gasteiger partial charge in [-0.2, -0.15) is 5.10 Å². The third kappa shape index (κ3) is 1.52. The normalized spacial score (nSPS) is 10.8. The molecule has 0 atom stereocenters. The molecule has 0 aliphatic heterocycles. The van der Waals surface area contributed by atoms with E-state index in [1.807, 2.05) is 6.20 Å². The van der Waals surface area contributed by atoms with Crippen molar-refractivity contribution in [2.75, 3.05) is 0 Å². The molecule has 0 fully saturated rings.